The molecule has 0 aliphatic carbocycles. The molecular weight excluding hydrogens is 316 g/mol. The van der Waals surface area contributed by atoms with Crippen LogP contribution in [0.2, 0.25) is 0 Å². The van der Waals surface area contributed by atoms with Gasteiger partial charge in [-0.15, -0.1) is 0 Å². The second kappa shape index (κ2) is 7.25. The second-order valence-corrected chi connectivity index (χ2v) is 6.68. The number of benzene rings is 2. The molecule has 0 fully saturated rings. The highest BCUT2D eigenvalue weighted by atomic mass is 16.5. The molecule has 0 atom stereocenters. The van der Waals surface area contributed by atoms with Gasteiger partial charge in [-0.05, 0) is 37.6 Å². The summed E-state index contributed by atoms with van der Waals surface area (Å²) in [6, 6.07) is 16.1. The first kappa shape index (κ1) is 17.5. The molecule has 1 N–H and O–H groups in total. The van der Waals surface area contributed by atoms with Crippen molar-refractivity contribution in [3.05, 3.63) is 59.8 Å². The molecule has 0 bridgehead atoms. The van der Waals surface area contributed by atoms with Gasteiger partial charge < -0.3 is 14.6 Å². The average molecular weight is 340 g/mol. The number of aromatic nitrogens is 2. The zero-order valence-electron chi connectivity index (χ0n) is 14.9. The van der Waals surface area contributed by atoms with Crippen molar-refractivity contribution >= 4 is 10.9 Å². The molecule has 0 saturated carbocycles. The van der Waals surface area contributed by atoms with Gasteiger partial charge in [0.25, 0.3) is 0 Å². The Morgan fingerprint density at radius 2 is 1.80 bits per heavy atom. The van der Waals surface area contributed by atoms with Gasteiger partial charge in [0.15, 0.2) is 0 Å². The molecule has 0 saturated heterocycles. The van der Waals surface area contributed by atoms with Gasteiger partial charge in [0.05, 0.1) is 43.7 Å². The minimum Gasteiger partial charge on any atom is -0.497 e. The molecule has 1 heterocycles. The monoisotopic (exact) mass is 340 g/mol. The van der Waals surface area contributed by atoms with E-state index in [0.717, 1.165) is 27.9 Å². The van der Waals surface area contributed by atoms with Crippen molar-refractivity contribution in [3.8, 4) is 5.75 Å². The third-order valence-electron chi connectivity index (χ3n) is 4.21. The number of hydrogen-bond donors (Lipinski definition) is 1. The molecule has 0 amide bonds. The predicted octanol–water partition coefficient (Wildman–Crippen LogP) is 3.38. The standard InChI is InChI=1S/C20H24N2O3/c1-20(2,14-23)25-13-18-17-6-4-5-7-19(17)22(21-18)12-15-8-10-16(24-3)11-9-15/h4-11,23H,12-14H2,1-3H3. The topological polar surface area (TPSA) is 56.5 Å². The Morgan fingerprint density at radius 1 is 1.08 bits per heavy atom. The lowest BCUT2D eigenvalue weighted by Crippen LogP contribution is -2.28. The Hall–Kier alpha value is -2.37. The molecule has 25 heavy (non-hydrogen) atoms. The van der Waals surface area contributed by atoms with Gasteiger partial charge in [0.2, 0.25) is 0 Å². The van der Waals surface area contributed by atoms with Crippen LogP contribution in [-0.4, -0.2) is 34.2 Å². The molecule has 0 aliphatic heterocycles. The lowest BCUT2D eigenvalue weighted by atomic mass is 10.1. The zero-order chi connectivity index (χ0) is 17.9. The van der Waals surface area contributed by atoms with Crippen molar-refractivity contribution in [2.24, 2.45) is 0 Å². The van der Waals surface area contributed by atoms with Crippen LogP contribution in [0.15, 0.2) is 48.5 Å². The largest absolute Gasteiger partial charge is 0.497 e. The van der Waals surface area contributed by atoms with Crippen LogP contribution in [0, 0.1) is 0 Å². The van der Waals surface area contributed by atoms with Crippen LogP contribution in [0.3, 0.4) is 0 Å². The van der Waals surface area contributed by atoms with E-state index in [1.54, 1.807) is 7.11 Å². The first-order chi connectivity index (χ1) is 12.0. The average Bonchev–Trinajstić information content (AvgIpc) is 2.99. The summed E-state index contributed by atoms with van der Waals surface area (Å²) in [5.41, 5.74) is 2.52. The summed E-state index contributed by atoms with van der Waals surface area (Å²) in [5, 5.41) is 15.2. The van der Waals surface area contributed by atoms with E-state index < -0.39 is 5.60 Å². The Balaban J connectivity index is 1.87. The van der Waals surface area contributed by atoms with E-state index in [0.29, 0.717) is 13.2 Å². The molecule has 1 aromatic heterocycles. The highest BCUT2D eigenvalue weighted by Gasteiger charge is 2.19. The summed E-state index contributed by atoms with van der Waals surface area (Å²) < 4.78 is 13.0. The van der Waals surface area contributed by atoms with Crippen molar-refractivity contribution < 1.29 is 14.6 Å². The molecule has 3 rings (SSSR count). The fourth-order valence-electron chi connectivity index (χ4n) is 2.64. The van der Waals surface area contributed by atoms with E-state index >= 15 is 0 Å². The van der Waals surface area contributed by atoms with Crippen LogP contribution >= 0.6 is 0 Å². The molecule has 0 aliphatic rings. The highest BCUT2D eigenvalue weighted by molar-refractivity contribution is 5.81. The van der Waals surface area contributed by atoms with E-state index in [9.17, 15) is 5.11 Å². The van der Waals surface area contributed by atoms with Crippen molar-refractivity contribution in [3.63, 3.8) is 0 Å². The zero-order valence-corrected chi connectivity index (χ0v) is 14.9. The molecule has 2 aromatic carbocycles. The highest BCUT2D eigenvalue weighted by Crippen LogP contribution is 2.22. The van der Waals surface area contributed by atoms with Crippen molar-refractivity contribution in [1.82, 2.24) is 9.78 Å². The van der Waals surface area contributed by atoms with E-state index in [4.69, 9.17) is 14.6 Å². The van der Waals surface area contributed by atoms with Crippen LogP contribution in [0.4, 0.5) is 0 Å². The summed E-state index contributed by atoms with van der Waals surface area (Å²) in [6.45, 7) is 4.74. The number of ether oxygens (including phenoxy) is 2. The summed E-state index contributed by atoms with van der Waals surface area (Å²) in [5.74, 6) is 0.842. The van der Waals surface area contributed by atoms with Crippen LogP contribution in [0.25, 0.3) is 10.9 Å². The summed E-state index contributed by atoms with van der Waals surface area (Å²) in [7, 11) is 1.66. The maximum atomic E-state index is 9.37. The van der Waals surface area contributed by atoms with Gasteiger partial charge in [-0.25, -0.2) is 0 Å². The first-order valence-corrected chi connectivity index (χ1v) is 8.34. The van der Waals surface area contributed by atoms with E-state index in [-0.39, 0.29) is 6.61 Å². The Morgan fingerprint density at radius 3 is 2.48 bits per heavy atom. The number of hydrogen-bond acceptors (Lipinski definition) is 4. The minimum atomic E-state index is -0.582. The number of methoxy groups -OCH3 is 1. The molecule has 3 aromatic rings. The molecule has 5 heteroatoms. The lowest BCUT2D eigenvalue weighted by molar-refractivity contribution is -0.0641. The molecule has 0 unspecified atom stereocenters. The predicted molar refractivity (Wildman–Crippen MR) is 97.8 cm³/mol. The summed E-state index contributed by atoms with van der Waals surface area (Å²) in [6.07, 6.45) is 0. The van der Waals surface area contributed by atoms with Gasteiger partial charge in [-0.2, -0.15) is 5.10 Å². The van der Waals surface area contributed by atoms with Gasteiger partial charge in [0.1, 0.15) is 5.75 Å². The maximum absolute atomic E-state index is 9.37. The number of nitrogens with zero attached hydrogens (tertiary/aromatic N) is 2. The van der Waals surface area contributed by atoms with Gasteiger partial charge in [0, 0.05) is 5.39 Å². The van der Waals surface area contributed by atoms with E-state index in [1.807, 2.05) is 54.9 Å². The maximum Gasteiger partial charge on any atom is 0.118 e. The normalized spacial score (nSPS) is 11.8. The molecule has 0 spiro atoms. The minimum absolute atomic E-state index is 0.0303. The third-order valence-corrected chi connectivity index (χ3v) is 4.21. The molecular formula is C20H24N2O3. The Labute approximate surface area is 147 Å². The van der Waals surface area contributed by atoms with Crippen LogP contribution < -0.4 is 4.74 Å². The number of aliphatic hydroxyl groups excluding tert-OH is 1. The smallest absolute Gasteiger partial charge is 0.118 e. The Kier molecular flexibility index (Phi) is 5.06. The summed E-state index contributed by atoms with van der Waals surface area (Å²) >= 11 is 0. The fraction of sp³-hybridized carbons (Fsp3) is 0.350. The third kappa shape index (κ3) is 4.00. The Bertz CT molecular complexity index is 838. The molecule has 0 radical (unpaired) electrons. The number of para-hydroxylation sites is 1. The fourth-order valence-corrected chi connectivity index (χ4v) is 2.64. The number of aliphatic hydroxyl groups is 1. The van der Waals surface area contributed by atoms with Gasteiger partial charge in [-0.3, -0.25) is 4.68 Å². The lowest BCUT2D eigenvalue weighted by Gasteiger charge is -2.21. The van der Waals surface area contributed by atoms with Gasteiger partial charge >= 0.3 is 0 Å². The van der Waals surface area contributed by atoms with Crippen molar-refractivity contribution in [2.75, 3.05) is 13.7 Å². The molecule has 5 nitrogen and oxygen atoms in total. The number of fused-ring (bicyclic) bond motifs is 1. The quantitative estimate of drug-likeness (QED) is 0.716. The number of rotatable bonds is 7. The van der Waals surface area contributed by atoms with Crippen molar-refractivity contribution in [2.45, 2.75) is 32.6 Å². The molecule has 132 valence electrons. The van der Waals surface area contributed by atoms with E-state index in [2.05, 4.69) is 12.1 Å². The van der Waals surface area contributed by atoms with Gasteiger partial charge in [-0.1, -0.05) is 30.3 Å². The summed E-state index contributed by atoms with van der Waals surface area (Å²) in [4.78, 5) is 0. The van der Waals surface area contributed by atoms with Crippen LogP contribution in [-0.2, 0) is 17.9 Å². The first-order valence-electron chi connectivity index (χ1n) is 8.34. The van der Waals surface area contributed by atoms with Crippen molar-refractivity contribution in [1.29, 1.82) is 0 Å². The van der Waals surface area contributed by atoms with Crippen LogP contribution in [0.5, 0.6) is 5.75 Å². The second-order valence-electron chi connectivity index (χ2n) is 6.68. The van der Waals surface area contributed by atoms with E-state index in [1.165, 1.54) is 0 Å². The van der Waals surface area contributed by atoms with Crippen LogP contribution in [0.1, 0.15) is 25.1 Å². The SMILES string of the molecule is COc1ccc(Cn2nc(COC(C)(C)CO)c3ccccc32)cc1.